The van der Waals surface area contributed by atoms with Crippen molar-refractivity contribution in [3.63, 3.8) is 0 Å². The molecule has 0 aliphatic heterocycles. The van der Waals surface area contributed by atoms with Crippen molar-refractivity contribution in [3.05, 3.63) is 33.8 Å². The molecule has 0 aliphatic carbocycles. The summed E-state index contributed by atoms with van der Waals surface area (Å²) in [4.78, 5) is 22.9. The molecule has 1 amide bonds. The summed E-state index contributed by atoms with van der Waals surface area (Å²) in [6.07, 6.45) is 1.48. The summed E-state index contributed by atoms with van der Waals surface area (Å²) < 4.78 is 10.4. The Kier molecular flexibility index (Phi) is 7.29. The topological polar surface area (TPSA) is 88.4 Å². The molecule has 0 radical (unpaired) electrons. The standard InChI is InChI=1S/C16H17BrN2O4/c1-10(2)19-16(21)12(8-18)6-11-4-5-14(13(17)7-11)23-9-15(20)22-3/h4-7,10H,9H2,1-3H3,(H,19,21)/b12-6-. The summed E-state index contributed by atoms with van der Waals surface area (Å²) in [7, 11) is 1.28. The highest BCUT2D eigenvalue weighted by molar-refractivity contribution is 9.10. The molecule has 1 N–H and O–H groups in total. The molecule has 0 heterocycles. The lowest BCUT2D eigenvalue weighted by Gasteiger charge is -2.09. The first-order valence-electron chi connectivity index (χ1n) is 6.79. The molecule has 0 fully saturated rings. The van der Waals surface area contributed by atoms with Crippen LogP contribution in [0.2, 0.25) is 0 Å². The van der Waals surface area contributed by atoms with Gasteiger partial charge in [0.1, 0.15) is 17.4 Å². The van der Waals surface area contributed by atoms with Gasteiger partial charge < -0.3 is 14.8 Å². The summed E-state index contributed by atoms with van der Waals surface area (Å²) in [6, 6.07) is 6.82. The number of ether oxygens (including phenoxy) is 2. The Morgan fingerprint density at radius 3 is 2.65 bits per heavy atom. The van der Waals surface area contributed by atoms with Crippen LogP contribution in [0.5, 0.6) is 5.75 Å². The zero-order chi connectivity index (χ0) is 17.4. The van der Waals surface area contributed by atoms with Gasteiger partial charge in [0.25, 0.3) is 5.91 Å². The van der Waals surface area contributed by atoms with Crippen molar-refractivity contribution in [2.45, 2.75) is 19.9 Å². The minimum atomic E-state index is -0.488. The van der Waals surface area contributed by atoms with Crippen molar-refractivity contribution in [2.24, 2.45) is 0 Å². The van der Waals surface area contributed by atoms with E-state index in [0.29, 0.717) is 15.8 Å². The first-order valence-corrected chi connectivity index (χ1v) is 7.58. The number of carbonyl (C=O) groups is 2. The summed E-state index contributed by atoms with van der Waals surface area (Å²) in [5, 5.41) is 11.8. The Balaban J connectivity index is 2.91. The highest BCUT2D eigenvalue weighted by Crippen LogP contribution is 2.27. The maximum Gasteiger partial charge on any atom is 0.343 e. The summed E-state index contributed by atoms with van der Waals surface area (Å²) in [6.45, 7) is 3.43. The summed E-state index contributed by atoms with van der Waals surface area (Å²) >= 11 is 3.32. The largest absolute Gasteiger partial charge is 0.481 e. The summed E-state index contributed by atoms with van der Waals surface area (Å²) in [5.41, 5.74) is 0.659. The Bertz CT molecular complexity index is 663. The molecule has 0 saturated carbocycles. The fourth-order valence-electron chi connectivity index (χ4n) is 1.57. The molecule has 122 valence electrons. The molecule has 0 spiro atoms. The number of carbonyl (C=O) groups excluding carboxylic acids is 2. The van der Waals surface area contributed by atoms with Crippen LogP contribution in [0.15, 0.2) is 28.2 Å². The van der Waals surface area contributed by atoms with Crippen LogP contribution in [0.1, 0.15) is 19.4 Å². The van der Waals surface area contributed by atoms with E-state index in [1.54, 1.807) is 18.2 Å². The van der Waals surface area contributed by atoms with Crippen LogP contribution in [-0.4, -0.2) is 31.6 Å². The maximum atomic E-state index is 11.9. The highest BCUT2D eigenvalue weighted by atomic mass is 79.9. The quantitative estimate of drug-likeness (QED) is 0.465. The molecule has 1 rings (SSSR count). The Morgan fingerprint density at radius 1 is 1.43 bits per heavy atom. The number of methoxy groups -OCH3 is 1. The second-order valence-corrected chi connectivity index (χ2v) is 5.71. The first kappa shape index (κ1) is 18.7. The minimum Gasteiger partial charge on any atom is -0.481 e. The van der Waals surface area contributed by atoms with Crippen LogP contribution in [0.3, 0.4) is 0 Å². The number of halogens is 1. The van der Waals surface area contributed by atoms with Crippen LogP contribution in [-0.2, 0) is 14.3 Å². The van der Waals surface area contributed by atoms with E-state index >= 15 is 0 Å². The summed E-state index contributed by atoms with van der Waals surface area (Å²) in [5.74, 6) is -0.458. The molecule has 0 aromatic heterocycles. The second-order valence-electron chi connectivity index (χ2n) is 4.85. The van der Waals surface area contributed by atoms with Crippen molar-refractivity contribution < 1.29 is 19.1 Å². The van der Waals surface area contributed by atoms with Crippen molar-refractivity contribution in [2.75, 3.05) is 13.7 Å². The molecule has 0 saturated heterocycles. The average Bonchev–Trinajstić information content (AvgIpc) is 2.50. The van der Waals surface area contributed by atoms with E-state index in [4.69, 9.17) is 10.00 Å². The smallest absolute Gasteiger partial charge is 0.343 e. The Labute approximate surface area is 143 Å². The normalized spacial score (nSPS) is 10.9. The van der Waals surface area contributed by atoms with Crippen LogP contribution in [0, 0.1) is 11.3 Å². The van der Waals surface area contributed by atoms with E-state index in [-0.39, 0.29) is 18.2 Å². The molecule has 1 aromatic rings. The Morgan fingerprint density at radius 2 is 2.13 bits per heavy atom. The van der Waals surface area contributed by atoms with Gasteiger partial charge in [-0.1, -0.05) is 6.07 Å². The van der Waals surface area contributed by atoms with Crippen LogP contribution >= 0.6 is 15.9 Å². The number of nitriles is 1. The number of nitrogens with one attached hydrogen (secondary N) is 1. The molecule has 0 atom stereocenters. The van der Waals surface area contributed by atoms with Gasteiger partial charge >= 0.3 is 5.97 Å². The van der Waals surface area contributed by atoms with Crippen LogP contribution in [0.4, 0.5) is 0 Å². The molecule has 23 heavy (non-hydrogen) atoms. The molecular formula is C16H17BrN2O4. The van der Waals surface area contributed by atoms with Gasteiger partial charge in [-0.05, 0) is 53.5 Å². The van der Waals surface area contributed by atoms with Crippen LogP contribution < -0.4 is 10.1 Å². The van der Waals surface area contributed by atoms with Gasteiger partial charge in [-0.15, -0.1) is 0 Å². The molecule has 0 unspecified atom stereocenters. The molecule has 0 bridgehead atoms. The van der Waals surface area contributed by atoms with E-state index in [1.165, 1.54) is 13.2 Å². The molecular weight excluding hydrogens is 364 g/mol. The predicted molar refractivity (Wildman–Crippen MR) is 88.5 cm³/mol. The zero-order valence-corrected chi connectivity index (χ0v) is 14.6. The fourth-order valence-corrected chi connectivity index (χ4v) is 2.09. The van der Waals surface area contributed by atoms with Crippen molar-refractivity contribution in [3.8, 4) is 11.8 Å². The number of amides is 1. The van der Waals surface area contributed by atoms with Crippen molar-refractivity contribution >= 4 is 33.9 Å². The van der Waals surface area contributed by atoms with Gasteiger partial charge in [-0.3, -0.25) is 4.79 Å². The zero-order valence-electron chi connectivity index (χ0n) is 13.1. The maximum absolute atomic E-state index is 11.9. The lowest BCUT2D eigenvalue weighted by molar-refractivity contribution is -0.142. The predicted octanol–water partition coefficient (Wildman–Crippen LogP) is 2.43. The molecule has 6 nitrogen and oxygen atoms in total. The average molecular weight is 381 g/mol. The van der Waals surface area contributed by atoms with E-state index in [0.717, 1.165) is 0 Å². The number of esters is 1. The fraction of sp³-hybridized carbons (Fsp3) is 0.312. The number of nitrogens with zero attached hydrogens (tertiary/aromatic N) is 1. The van der Waals surface area contributed by atoms with Crippen molar-refractivity contribution in [1.29, 1.82) is 5.26 Å². The number of benzene rings is 1. The number of hydrogen-bond acceptors (Lipinski definition) is 5. The van der Waals surface area contributed by atoms with Gasteiger partial charge in [0.15, 0.2) is 6.61 Å². The van der Waals surface area contributed by atoms with Crippen molar-refractivity contribution in [1.82, 2.24) is 5.32 Å². The van der Waals surface area contributed by atoms with E-state index in [2.05, 4.69) is 26.0 Å². The van der Waals surface area contributed by atoms with E-state index < -0.39 is 11.9 Å². The van der Waals surface area contributed by atoms with Gasteiger partial charge in [0, 0.05) is 6.04 Å². The number of rotatable bonds is 6. The lowest BCUT2D eigenvalue weighted by atomic mass is 10.1. The second kappa shape index (κ2) is 8.96. The molecule has 1 aromatic carbocycles. The SMILES string of the molecule is COC(=O)COc1ccc(/C=C(/C#N)C(=O)NC(C)C)cc1Br. The number of hydrogen-bond donors (Lipinski definition) is 1. The van der Waals surface area contributed by atoms with Gasteiger partial charge in [-0.2, -0.15) is 5.26 Å². The lowest BCUT2D eigenvalue weighted by Crippen LogP contribution is -2.30. The first-order chi connectivity index (χ1) is 10.9. The third-order valence-corrected chi connectivity index (χ3v) is 3.24. The third kappa shape index (κ3) is 6.12. The molecule has 0 aliphatic rings. The highest BCUT2D eigenvalue weighted by Gasteiger charge is 2.11. The third-order valence-electron chi connectivity index (χ3n) is 2.62. The van der Waals surface area contributed by atoms with Gasteiger partial charge in [-0.25, -0.2) is 4.79 Å². The minimum absolute atomic E-state index is 0.00818. The van der Waals surface area contributed by atoms with E-state index in [1.807, 2.05) is 19.9 Å². The van der Waals surface area contributed by atoms with E-state index in [9.17, 15) is 9.59 Å². The monoisotopic (exact) mass is 380 g/mol. The molecule has 7 heteroatoms. The van der Waals surface area contributed by atoms with Crippen LogP contribution in [0.25, 0.3) is 6.08 Å². The van der Waals surface area contributed by atoms with Gasteiger partial charge in [0.2, 0.25) is 0 Å². The Hall–Kier alpha value is -2.33. The van der Waals surface area contributed by atoms with Gasteiger partial charge in [0.05, 0.1) is 11.6 Å².